The molecule has 0 unspecified atom stereocenters. The molecule has 1 aliphatic rings. The first kappa shape index (κ1) is 11.9. The average Bonchev–Trinajstić information content (AvgIpc) is 3.04. The monoisotopic (exact) mass is 285 g/mol. The van der Waals surface area contributed by atoms with Gasteiger partial charge in [-0.15, -0.1) is 10.2 Å². The van der Waals surface area contributed by atoms with E-state index in [4.69, 9.17) is 4.42 Å². The van der Waals surface area contributed by atoms with Crippen LogP contribution in [0.3, 0.4) is 0 Å². The Morgan fingerprint density at radius 3 is 2.95 bits per heavy atom. The predicted molar refractivity (Wildman–Crippen MR) is 80.1 cm³/mol. The van der Waals surface area contributed by atoms with Gasteiger partial charge in [-0.2, -0.15) is 0 Å². The molecular weight excluding hydrogens is 270 g/mol. The van der Waals surface area contributed by atoms with Crippen LogP contribution in [-0.2, 0) is 0 Å². The lowest BCUT2D eigenvalue weighted by Gasteiger charge is -2.08. The van der Waals surface area contributed by atoms with Gasteiger partial charge in [0.25, 0.3) is 0 Å². The number of fused-ring (bicyclic) bond motifs is 1. The number of hydrogen-bond donors (Lipinski definition) is 1. The lowest BCUT2D eigenvalue weighted by atomic mass is 10.2. The van der Waals surface area contributed by atoms with Crippen LogP contribution in [0.4, 0.5) is 5.13 Å². The molecule has 3 aromatic rings. The molecule has 2 heterocycles. The Morgan fingerprint density at radius 2 is 2.15 bits per heavy atom. The number of hydrogen-bond acceptors (Lipinski definition) is 5. The highest BCUT2D eigenvalue weighted by Crippen LogP contribution is 2.42. The van der Waals surface area contributed by atoms with Crippen LogP contribution in [0, 0.1) is 0 Å². The van der Waals surface area contributed by atoms with Crippen LogP contribution >= 0.6 is 11.3 Å². The van der Waals surface area contributed by atoms with Gasteiger partial charge in [0.1, 0.15) is 16.4 Å². The average molecular weight is 285 g/mol. The van der Waals surface area contributed by atoms with Crippen molar-refractivity contribution in [3.05, 3.63) is 41.1 Å². The maximum absolute atomic E-state index is 5.86. The van der Waals surface area contributed by atoms with E-state index in [2.05, 4.69) is 34.6 Å². The Balaban J connectivity index is 1.54. The quantitative estimate of drug-likeness (QED) is 0.775. The van der Waals surface area contributed by atoms with E-state index in [0.29, 0.717) is 5.92 Å². The SMILES string of the molecule is C[C@@H](Nc1nnc(C2CC2)s1)c1cc2ccccc2o1. The molecule has 0 saturated heterocycles. The van der Waals surface area contributed by atoms with Crippen molar-refractivity contribution in [2.75, 3.05) is 5.32 Å². The van der Waals surface area contributed by atoms with Crippen LogP contribution in [-0.4, -0.2) is 10.2 Å². The summed E-state index contributed by atoms with van der Waals surface area (Å²) in [5, 5.41) is 15.0. The molecule has 0 bridgehead atoms. The van der Waals surface area contributed by atoms with Crippen molar-refractivity contribution in [1.29, 1.82) is 0 Å². The van der Waals surface area contributed by atoms with Crippen LogP contribution in [0.2, 0.25) is 0 Å². The molecule has 4 nitrogen and oxygen atoms in total. The largest absolute Gasteiger partial charge is 0.459 e. The maximum Gasteiger partial charge on any atom is 0.206 e. The lowest BCUT2D eigenvalue weighted by molar-refractivity contribution is 0.526. The van der Waals surface area contributed by atoms with Gasteiger partial charge in [-0.1, -0.05) is 29.5 Å². The van der Waals surface area contributed by atoms with Gasteiger partial charge in [-0.3, -0.25) is 0 Å². The first-order valence-electron chi connectivity index (χ1n) is 6.88. The van der Waals surface area contributed by atoms with Crippen molar-refractivity contribution in [1.82, 2.24) is 10.2 Å². The number of benzene rings is 1. The Bertz CT molecular complexity index is 711. The number of aromatic nitrogens is 2. The first-order valence-corrected chi connectivity index (χ1v) is 7.69. The second-order valence-corrected chi connectivity index (χ2v) is 6.28. The molecule has 20 heavy (non-hydrogen) atoms. The fourth-order valence-electron chi connectivity index (χ4n) is 2.26. The lowest BCUT2D eigenvalue weighted by Crippen LogP contribution is -2.04. The highest BCUT2D eigenvalue weighted by Gasteiger charge is 2.27. The zero-order chi connectivity index (χ0) is 13.5. The van der Waals surface area contributed by atoms with Gasteiger partial charge in [0.05, 0.1) is 6.04 Å². The Kier molecular flexibility index (Phi) is 2.73. The summed E-state index contributed by atoms with van der Waals surface area (Å²) in [5.41, 5.74) is 0.923. The van der Waals surface area contributed by atoms with E-state index in [9.17, 15) is 0 Å². The molecule has 1 saturated carbocycles. The molecule has 1 aromatic carbocycles. The summed E-state index contributed by atoms with van der Waals surface area (Å²) in [4.78, 5) is 0. The van der Waals surface area contributed by atoms with E-state index < -0.39 is 0 Å². The van der Waals surface area contributed by atoms with E-state index in [0.717, 1.165) is 26.9 Å². The Labute approximate surface area is 120 Å². The van der Waals surface area contributed by atoms with Gasteiger partial charge in [-0.05, 0) is 31.9 Å². The summed E-state index contributed by atoms with van der Waals surface area (Å²) in [6.45, 7) is 2.08. The summed E-state index contributed by atoms with van der Waals surface area (Å²) >= 11 is 1.66. The molecule has 102 valence electrons. The molecule has 1 fully saturated rings. The number of para-hydroxylation sites is 1. The normalized spacial score (nSPS) is 16.4. The zero-order valence-electron chi connectivity index (χ0n) is 11.2. The number of furan rings is 1. The molecule has 0 spiro atoms. The minimum atomic E-state index is 0.0856. The highest BCUT2D eigenvalue weighted by atomic mass is 32.1. The summed E-state index contributed by atoms with van der Waals surface area (Å²) in [6, 6.07) is 10.2. The van der Waals surface area contributed by atoms with Crippen LogP contribution in [0.25, 0.3) is 11.0 Å². The third-order valence-corrected chi connectivity index (χ3v) is 4.60. The molecule has 5 heteroatoms. The molecule has 2 aromatic heterocycles. The number of nitrogens with one attached hydrogen (secondary N) is 1. The van der Waals surface area contributed by atoms with Crippen LogP contribution in [0.15, 0.2) is 34.7 Å². The van der Waals surface area contributed by atoms with Crippen molar-refractivity contribution in [3.63, 3.8) is 0 Å². The van der Waals surface area contributed by atoms with Gasteiger partial charge in [0, 0.05) is 11.3 Å². The molecule has 0 radical (unpaired) electrons. The Hall–Kier alpha value is -1.88. The number of nitrogens with zero attached hydrogens (tertiary/aromatic N) is 2. The van der Waals surface area contributed by atoms with Crippen molar-refractivity contribution >= 4 is 27.4 Å². The fourth-order valence-corrected chi connectivity index (χ4v) is 3.26. The number of anilines is 1. The van der Waals surface area contributed by atoms with Crippen molar-refractivity contribution in [2.45, 2.75) is 31.7 Å². The van der Waals surface area contributed by atoms with E-state index in [-0.39, 0.29) is 6.04 Å². The van der Waals surface area contributed by atoms with Gasteiger partial charge in [0.15, 0.2) is 0 Å². The van der Waals surface area contributed by atoms with E-state index >= 15 is 0 Å². The topological polar surface area (TPSA) is 51.0 Å². The summed E-state index contributed by atoms with van der Waals surface area (Å²) in [6.07, 6.45) is 2.52. The van der Waals surface area contributed by atoms with Crippen LogP contribution in [0.5, 0.6) is 0 Å². The molecule has 1 N–H and O–H groups in total. The summed E-state index contributed by atoms with van der Waals surface area (Å²) in [5.74, 6) is 1.58. The van der Waals surface area contributed by atoms with Crippen molar-refractivity contribution < 1.29 is 4.42 Å². The van der Waals surface area contributed by atoms with Crippen molar-refractivity contribution in [3.8, 4) is 0 Å². The van der Waals surface area contributed by atoms with Gasteiger partial charge >= 0.3 is 0 Å². The molecule has 1 aliphatic carbocycles. The minimum Gasteiger partial charge on any atom is -0.459 e. The summed E-state index contributed by atoms with van der Waals surface area (Å²) in [7, 11) is 0. The van der Waals surface area contributed by atoms with E-state index in [1.165, 1.54) is 12.8 Å². The molecule has 1 atom stereocenters. The zero-order valence-corrected chi connectivity index (χ0v) is 12.0. The molecule has 4 rings (SSSR count). The van der Waals surface area contributed by atoms with Gasteiger partial charge < -0.3 is 9.73 Å². The Morgan fingerprint density at radius 1 is 1.30 bits per heavy atom. The highest BCUT2D eigenvalue weighted by molar-refractivity contribution is 7.15. The van der Waals surface area contributed by atoms with E-state index in [1.54, 1.807) is 11.3 Å². The van der Waals surface area contributed by atoms with Crippen LogP contribution < -0.4 is 5.32 Å². The smallest absolute Gasteiger partial charge is 0.206 e. The minimum absolute atomic E-state index is 0.0856. The maximum atomic E-state index is 5.86. The third kappa shape index (κ3) is 2.18. The summed E-state index contributed by atoms with van der Waals surface area (Å²) < 4.78 is 5.86. The van der Waals surface area contributed by atoms with Gasteiger partial charge in [-0.25, -0.2) is 0 Å². The first-order chi connectivity index (χ1) is 9.79. The number of rotatable bonds is 4. The predicted octanol–water partition coefficient (Wildman–Crippen LogP) is 4.33. The van der Waals surface area contributed by atoms with Gasteiger partial charge in [0.2, 0.25) is 5.13 Å². The second kappa shape index (κ2) is 4.59. The van der Waals surface area contributed by atoms with Crippen LogP contribution in [0.1, 0.15) is 42.5 Å². The fraction of sp³-hybridized carbons (Fsp3) is 0.333. The molecule has 0 amide bonds. The second-order valence-electron chi connectivity index (χ2n) is 5.27. The van der Waals surface area contributed by atoms with E-state index in [1.807, 2.05) is 18.2 Å². The molecule has 0 aliphatic heterocycles. The standard InChI is InChI=1S/C15H15N3OS/c1-9(13-8-11-4-2-3-5-12(11)19-13)16-15-18-17-14(20-15)10-6-7-10/h2-5,8-10H,6-7H2,1H3,(H,16,18)/t9-/m1/s1. The van der Waals surface area contributed by atoms with Crippen molar-refractivity contribution in [2.24, 2.45) is 0 Å². The molecular formula is C15H15N3OS. The third-order valence-electron chi connectivity index (χ3n) is 3.58.